The first-order valence-electron chi connectivity index (χ1n) is 11.4. The van der Waals surface area contributed by atoms with E-state index in [0.29, 0.717) is 29.2 Å². The molecule has 1 aromatic heterocycles. The van der Waals surface area contributed by atoms with E-state index in [1.165, 1.54) is 12.0 Å². The number of aromatic nitrogens is 1. The highest BCUT2D eigenvalue weighted by molar-refractivity contribution is 7.17. The number of esters is 1. The number of ketones is 1. The zero-order valence-corrected chi connectivity index (χ0v) is 21.2. The van der Waals surface area contributed by atoms with Gasteiger partial charge in [-0.3, -0.25) is 14.5 Å². The molecule has 0 saturated carbocycles. The van der Waals surface area contributed by atoms with Gasteiger partial charge in [0, 0.05) is 5.56 Å². The van der Waals surface area contributed by atoms with E-state index in [1.54, 1.807) is 43.3 Å². The number of anilines is 1. The van der Waals surface area contributed by atoms with Crippen molar-refractivity contribution in [3.05, 3.63) is 81.4 Å². The van der Waals surface area contributed by atoms with Crippen molar-refractivity contribution in [2.24, 2.45) is 0 Å². The number of rotatable bonds is 7. The van der Waals surface area contributed by atoms with Crippen LogP contribution in [0.4, 0.5) is 5.13 Å². The largest absolute Gasteiger partial charge is 0.507 e. The van der Waals surface area contributed by atoms with E-state index in [1.807, 2.05) is 26.0 Å². The van der Waals surface area contributed by atoms with Crippen molar-refractivity contribution >= 4 is 39.9 Å². The molecule has 1 aliphatic rings. The molecule has 186 valence electrons. The van der Waals surface area contributed by atoms with Gasteiger partial charge in [-0.15, -0.1) is 0 Å². The molecule has 0 bridgehead atoms. The van der Waals surface area contributed by atoms with Gasteiger partial charge in [-0.1, -0.05) is 60.2 Å². The monoisotopic (exact) mass is 506 g/mol. The lowest BCUT2D eigenvalue weighted by Crippen LogP contribution is -2.29. The summed E-state index contributed by atoms with van der Waals surface area (Å²) in [6.07, 6.45) is 0.810. The van der Waals surface area contributed by atoms with Crippen molar-refractivity contribution in [3.8, 4) is 5.75 Å². The number of Topliss-reactive ketones (excluding diaryl/α,β-unsaturated/α-hetero) is 1. The zero-order valence-electron chi connectivity index (χ0n) is 20.4. The lowest BCUT2D eigenvalue weighted by molar-refractivity contribution is -0.132. The molecule has 3 aromatic rings. The van der Waals surface area contributed by atoms with E-state index < -0.39 is 23.7 Å². The maximum absolute atomic E-state index is 13.4. The number of hydrogen-bond acceptors (Lipinski definition) is 8. The number of carbonyl (C=O) groups is 3. The van der Waals surface area contributed by atoms with Gasteiger partial charge in [0.1, 0.15) is 16.4 Å². The van der Waals surface area contributed by atoms with Gasteiger partial charge in [0.05, 0.1) is 31.0 Å². The SMILES string of the molecule is CCCOc1cccc(C2/C(=C(\O)c3ccc(C)cc3)C(=O)C(=O)N2c2nc(C)c(C(=O)OC)s2)c1. The van der Waals surface area contributed by atoms with Crippen LogP contribution in [0.2, 0.25) is 0 Å². The molecule has 0 aliphatic carbocycles. The highest BCUT2D eigenvalue weighted by atomic mass is 32.1. The van der Waals surface area contributed by atoms with Crippen LogP contribution < -0.4 is 9.64 Å². The molecule has 1 atom stereocenters. The van der Waals surface area contributed by atoms with Crippen LogP contribution in [-0.4, -0.2) is 41.5 Å². The standard InChI is InChI=1S/C27H26N2O6S/c1-5-13-35-19-8-6-7-18(14-19)21-20(22(30)17-11-9-15(2)10-12-17)23(31)25(32)29(21)27-28-16(3)24(36-27)26(33)34-4/h6-12,14,21,30H,5,13H2,1-4H3/b22-20+. The van der Waals surface area contributed by atoms with Crippen molar-refractivity contribution in [1.29, 1.82) is 0 Å². The summed E-state index contributed by atoms with van der Waals surface area (Å²) in [4.78, 5) is 44.8. The third-order valence-corrected chi connectivity index (χ3v) is 6.92. The van der Waals surface area contributed by atoms with Gasteiger partial charge in [0.15, 0.2) is 5.13 Å². The minimum atomic E-state index is -0.979. The molecule has 8 nitrogen and oxygen atoms in total. The van der Waals surface area contributed by atoms with Crippen molar-refractivity contribution in [2.75, 3.05) is 18.6 Å². The van der Waals surface area contributed by atoms with Gasteiger partial charge in [0.2, 0.25) is 0 Å². The third-order valence-electron chi connectivity index (χ3n) is 5.78. The normalized spacial score (nSPS) is 16.9. The molecular weight excluding hydrogens is 480 g/mol. The van der Waals surface area contributed by atoms with E-state index >= 15 is 0 Å². The maximum atomic E-state index is 13.4. The fourth-order valence-corrected chi connectivity index (χ4v) is 4.99. The Kier molecular flexibility index (Phi) is 7.21. The second-order valence-electron chi connectivity index (χ2n) is 8.36. The summed E-state index contributed by atoms with van der Waals surface area (Å²) in [6.45, 7) is 6.03. The van der Waals surface area contributed by atoms with Gasteiger partial charge >= 0.3 is 11.9 Å². The number of hydrogen-bond donors (Lipinski definition) is 1. The first-order chi connectivity index (χ1) is 17.3. The molecule has 0 radical (unpaired) electrons. The summed E-state index contributed by atoms with van der Waals surface area (Å²) in [5, 5.41) is 11.4. The Labute approximate surface area is 212 Å². The Morgan fingerprint density at radius 2 is 1.86 bits per heavy atom. The lowest BCUT2D eigenvalue weighted by atomic mass is 9.95. The molecule has 1 fully saturated rings. The number of benzene rings is 2. The summed E-state index contributed by atoms with van der Waals surface area (Å²) in [5.74, 6) is -1.99. The topological polar surface area (TPSA) is 106 Å². The predicted molar refractivity (Wildman–Crippen MR) is 136 cm³/mol. The Balaban J connectivity index is 1.92. The fraction of sp³-hybridized carbons (Fsp3) is 0.259. The first-order valence-corrected chi connectivity index (χ1v) is 12.2. The summed E-state index contributed by atoms with van der Waals surface area (Å²) >= 11 is 0.955. The molecule has 0 spiro atoms. The molecule has 1 amide bonds. The Bertz CT molecular complexity index is 1360. The fourth-order valence-electron chi connectivity index (χ4n) is 3.97. The molecule has 36 heavy (non-hydrogen) atoms. The lowest BCUT2D eigenvalue weighted by Gasteiger charge is -2.23. The Morgan fingerprint density at radius 1 is 1.14 bits per heavy atom. The average molecular weight is 507 g/mol. The molecular formula is C27H26N2O6S. The van der Waals surface area contributed by atoms with Crippen molar-refractivity contribution < 1.29 is 29.0 Å². The van der Waals surface area contributed by atoms with Crippen LogP contribution in [0.5, 0.6) is 5.75 Å². The molecule has 9 heteroatoms. The van der Waals surface area contributed by atoms with Crippen molar-refractivity contribution in [2.45, 2.75) is 33.2 Å². The summed E-state index contributed by atoms with van der Waals surface area (Å²) in [7, 11) is 1.26. The molecule has 1 aliphatic heterocycles. The number of ether oxygens (including phenoxy) is 2. The van der Waals surface area contributed by atoms with Gasteiger partial charge in [0.25, 0.3) is 5.78 Å². The van der Waals surface area contributed by atoms with Gasteiger partial charge < -0.3 is 14.6 Å². The number of carbonyl (C=O) groups excluding carboxylic acids is 3. The number of nitrogens with zero attached hydrogens (tertiary/aromatic N) is 2. The van der Waals surface area contributed by atoms with Crippen LogP contribution in [0.3, 0.4) is 0 Å². The van der Waals surface area contributed by atoms with Crippen LogP contribution in [-0.2, 0) is 14.3 Å². The molecule has 1 saturated heterocycles. The van der Waals surface area contributed by atoms with E-state index in [-0.39, 0.29) is 21.3 Å². The van der Waals surface area contributed by atoms with Crippen LogP contribution in [0.25, 0.3) is 5.76 Å². The van der Waals surface area contributed by atoms with Crippen molar-refractivity contribution in [1.82, 2.24) is 4.98 Å². The minimum Gasteiger partial charge on any atom is -0.507 e. The average Bonchev–Trinajstić information content (AvgIpc) is 3.39. The summed E-state index contributed by atoms with van der Waals surface area (Å²) < 4.78 is 10.6. The molecule has 4 rings (SSSR count). The van der Waals surface area contributed by atoms with Crippen molar-refractivity contribution in [3.63, 3.8) is 0 Å². The summed E-state index contributed by atoms with van der Waals surface area (Å²) in [6, 6.07) is 13.1. The van der Waals surface area contributed by atoms with Crippen LogP contribution in [0.15, 0.2) is 54.1 Å². The molecule has 2 aromatic carbocycles. The first kappa shape index (κ1) is 25.1. The van der Waals surface area contributed by atoms with E-state index in [9.17, 15) is 19.5 Å². The smallest absolute Gasteiger partial charge is 0.350 e. The molecule has 2 heterocycles. The Morgan fingerprint density at radius 3 is 2.53 bits per heavy atom. The zero-order chi connectivity index (χ0) is 26.0. The second-order valence-corrected chi connectivity index (χ2v) is 9.34. The number of aliphatic hydroxyl groups is 1. The second kappa shape index (κ2) is 10.3. The van der Waals surface area contributed by atoms with Gasteiger partial charge in [-0.2, -0.15) is 0 Å². The van der Waals surface area contributed by atoms with Gasteiger partial charge in [-0.05, 0) is 38.0 Å². The van der Waals surface area contributed by atoms with Crippen LogP contribution in [0, 0.1) is 13.8 Å². The van der Waals surface area contributed by atoms with Crippen LogP contribution in [0.1, 0.15) is 51.4 Å². The number of amides is 1. The highest BCUT2D eigenvalue weighted by Crippen LogP contribution is 2.44. The third kappa shape index (κ3) is 4.61. The maximum Gasteiger partial charge on any atom is 0.350 e. The van der Waals surface area contributed by atoms with E-state index in [2.05, 4.69) is 4.98 Å². The number of thiazole rings is 1. The number of aliphatic hydroxyl groups excluding tert-OH is 1. The predicted octanol–water partition coefficient (Wildman–Crippen LogP) is 4.96. The number of aryl methyl sites for hydroxylation is 2. The molecule has 1 unspecified atom stereocenters. The van der Waals surface area contributed by atoms with Crippen LogP contribution >= 0.6 is 11.3 Å². The highest BCUT2D eigenvalue weighted by Gasteiger charge is 2.48. The quantitative estimate of drug-likeness (QED) is 0.209. The Hall–Kier alpha value is -3.98. The van der Waals surface area contributed by atoms with E-state index in [4.69, 9.17) is 9.47 Å². The summed E-state index contributed by atoms with van der Waals surface area (Å²) in [5.41, 5.74) is 2.26. The van der Waals surface area contributed by atoms with E-state index in [0.717, 1.165) is 23.3 Å². The minimum absolute atomic E-state index is 0.0658. The molecule has 1 N–H and O–H groups in total. The number of methoxy groups -OCH3 is 1. The van der Waals surface area contributed by atoms with Gasteiger partial charge in [-0.25, -0.2) is 9.78 Å².